The summed E-state index contributed by atoms with van der Waals surface area (Å²) in [5, 5.41) is 11.1. The Hall–Kier alpha value is -8.13. The van der Waals surface area contributed by atoms with E-state index in [1.165, 1.54) is 110 Å². The second-order valence-corrected chi connectivity index (χ2v) is 17.3. The minimum absolute atomic E-state index is 0.418. The van der Waals surface area contributed by atoms with Gasteiger partial charge in [0.1, 0.15) is 0 Å². The minimum Gasteiger partial charge on any atom is -0.247 e. The highest BCUT2D eigenvalue weighted by Crippen LogP contribution is 2.64. The fourth-order valence-corrected chi connectivity index (χ4v) is 11.8. The summed E-state index contributed by atoms with van der Waals surface area (Å²) >= 11 is 0. The number of hydrogen-bond acceptors (Lipinski definition) is 1. The zero-order valence-corrected chi connectivity index (χ0v) is 34.3. The van der Waals surface area contributed by atoms with Gasteiger partial charge in [0.05, 0.1) is 16.6 Å². The Kier molecular flexibility index (Phi) is 7.10. The summed E-state index contributed by atoms with van der Waals surface area (Å²) < 4.78 is 0. The van der Waals surface area contributed by atoms with Gasteiger partial charge in [0, 0.05) is 21.7 Å². The fourth-order valence-electron chi connectivity index (χ4n) is 11.8. The smallest absolute Gasteiger partial charge is 0.0788 e. The third kappa shape index (κ3) is 4.63. The van der Waals surface area contributed by atoms with Gasteiger partial charge < -0.3 is 0 Å². The van der Waals surface area contributed by atoms with E-state index in [0.717, 1.165) is 22.2 Å². The van der Waals surface area contributed by atoms with Crippen molar-refractivity contribution in [2.75, 3.05) is 0 Å². The quantitative estimate of drug-likeness (QED) is 0.128. The summed E-state index contributed by atoms with van der Waals surface area (Å²) in [6.07, 6.45) is 0. The summed E-state index contributed by atoms with van der Waals surface area (Å²) in [7, 11) is 0. The average molecular weight is 796 g/mol. The molecule has 63 heavy (non-hydrogen) atoms. The first-order chi connectivity index (χ1) is 31.3. The highest BCUT2D eigenvalue weighted by Gasteiger charge is 2.52. The van der Waals surface area contributed by atoms with Gasteiger partial charge in [0.2, 0.25) is 0 Å². The van der Waals surface area contributed by atoms with Gasteiger partial charge in [0.15, 0.2) is 0 Å². The highest BCUT2D eigenvalue weighted by atomic mass is 14.7. The largest absolute Gasteiger partial charge is 0.247 e. The van der Waals surface area contributed by atoms with E-state index in [9.17, 15) is 0 Å². The lowest BCUT2D eigenvalue weighted by Gasteiger charge is -2.30. The van der Waals surface area contributed by atoms with Crippen LogP contribution in [-0.4, -0.2) is 4.98 Å². The molecule has 1 heteroatoms. The Bertz CT molecular complexity index is 3820. The molecule has 0 fully saturated rings. The van der Waals surface area contributed by atoms with Gasteiger partial charge in [-0.05, 0) is 117 Å². The van der Waals surface area contributed by atoms with Crippen molar-refractivity contribution >= 4 is 54.0 Å². The number of aromatic nitrogens is 1. The van der Waals surface area contributed by atoms with Crippen molar-refractivity contribution in [2.45, 2.75) is 5.41 Å². The summed E-state index contributed by atoms with van der Waals surface area (Å²) in [4.78, 5) is 5.55. The van der Waals surface area contributed by atoms with Crippen LogP contribution in [0.1, 0.15) is 22.3 Å². The number of fused-ring (bicyclic) bond motifs is 17. The SMILES string of the molecule is c1cc(-c2c3ccccc3c(-c3ccc4ccccc4c3)c3ccccc23)cc(-c2nc3ccccc3c3c4c(ccc23)C2(c3ccccc3-c3ccccc32)c2ccccc2-4)c1. The van der Waals surface area contributed by atoms with Crippen LogP contribution in [0.25, 0.3) is 110 Å². The van der Waals surface area contributed by atoms with E-state index in [1.807, 2.05) is 0 Å². The standard InChI is InChI=1S/C62H37N/c1-2-17-39-36-41(33-32-38(39)16-1)58-47-24-5-3-22-45(47)57(46-23-4-6-25-48(46)58)40-18-15-19-42(37-40)61-51-34-35-55-60(59(51)50-27-10-14-31-56(50)63-61)49-26-9-13-30-54(49)62(55)52-28-11-7-20-43(52)44-21-8-12-29-53(44)62/h1-37H. The number of pyridine rings is 1. The van der Waals surface area contributed by atoms with Gasteiger partial charge in [-0.15, -0.1) is 0 Å². The maximum Gasteiger partial charge on any atom is 0.0788 e. The van der Waals surface area contributed by atoms with E-state index in [4.69, 9.17) is 4.98 Å². The topological polar surface area (TPSA) is 12.9 Å². The van der Waals surface area contributed by atoms with Crippen LogP contribution in [0.3, 0.4) is 0 Å². The molecule has 0 radical (unpaired) electrons. The third-order valence-electron chi connectivity index (χ3n) is 14.2. The van der Waals surface area contributed by atoms with E-state index in [1.54, 1.807) is 0 Å². The highest BCUT2D eigenvalue weighted by molar-refractivity contribution is 6.23. The number of para-hydroxylation sites is 1. The summed E-state index contributed by atoms with van der Waals surface area (Å²) in [5.74, 6) is 0. The Morgan fingerprint density at radius 2 is 0.794 bits per heavy atom. The number of benzene rings is 11. The van der Waals surface area contributed by atoms with Gasteiger partial charge in [-0.3, -0.25) is 0 Å². The van der Waals surface area contributed by atoms with E-state index >= 15 is 0 Å². The summed E-state index contributed by atoms with van der Waals surface area (Å²) in [5.41, 5.74) is 18.3. The molecular weight excluding hydrogens is 759 g/mol. The number of nitrogens with zero attached hydrogens (tertiary/aromatic N) is 1. The molecule has 1 aromatic heterocycles. The predicted molar refractivity (Wildman–Crippen MR) is 264 cm³/mol. The zero-order chi connectivity index (χ0) is 41.2. The molecule has 290 valence electrons. The van der Waals surface area contributed by atoms with Crippen molar-refractivity contribution in [1.82, 2.24) is 4.98 Å². The van der Waals surface area contributed by atoms with Crippen molar-refractivity contribution in [3.05, 3.63) is 247 Å². The molecule has 2 aliphatic carbocycles. The van der Waals surface area contributed by atoms with Crippen LogP contribution in [0, 0.1) is 0 Å². The van der Waals surface area contributed by atoms with Crippen LogP contribution in [0.5, 0.6) is 0 Å². The first kappa shape index (κ1) is 34.6. The lowest BCUT2D eigenvalue weighted by Crippen LogP contribution is -2.25. The minimum atomic E-state index is -0.418. The molecule has 0 aliphatic heterocycles. The van der Waals surface area contributed by atoms with Crippen molar-refractivity contribution < 1.29 is 0 Å². The van der Waals surface area contributed by atoms with Crippen LogP contribution in [0.15, 0.2) is 224 Å². The third-order valence-corrected chi connectivity index (χ3v) is 14.2. The second-order valence-electron chi connectivity index (χ2n) is 17.3. The molecule has 0 bridgehead atoms. The van der Waals surface area contributed by atoms with Gasteiger partial charge in [-0.25, -0.2) is 4.98 Å². The summed E-state index contributed by atoms with van der Waals surface area (Å²) in [6.45, 7) is 0. The molecule has 0 saturated carbocycles. The van der Waals surface area contributed by atoms with Crippen LogP contribution in [0.2, 0.25) is 0 Å². The van der Waals surface area contributed by atoms with Crippen LogP contribution < -0.4 is 0 Å². The van der Waals surface area contributed by atoms with E-state index in [-0.39, 0.29) is 0 Å². The van der Waals surface area contributed by atoms with Crippen molar-refractivity contribution in [3.63, 3.8) is 0 Å². The second kappa shape index (κ2) is 12.9. The van der Waals surface area contributed by atoms with Crippen LogP contribution in [0.4, 0.5) is 0 Å². The molecule has 2 aliphatic rings. The van der Waals surface area contributed by atoms with Gasteiger partial charge in [0.25, 0.3) is 0 Å². The fraction of sp³-hybridized carbons (Fsp3) is 0.0161. The van der Waals surface area contributed by atoms with Crippen LogP contribution >= 0.6 is 0 Å². The summed E-state index contributed by atoms with van der Waals surface area (Å²) in [6, 6.07) is 83.4. The maximum absolute atomic E-state index is 5.55. The Labute approximate surface area is 365 Å². The van der Waals surface area contributed by atoms with Gasteiger partial charge in [-0.1, -0.05) is 206 Å². The monoisotopic (exact) mass is 795 g/mol. The molecule has 0 unspecified atom stereocenters. The first-order valence-electron chi connectivity index (χ1n) is 22.0. The van der Waals surface area contributed by atoms with Crippen molar-refractivity contribution in [1.29, 1.82) is 0 Å². The average Bonchev–Trinajstić information content (AvgIpc) is 3.83. The molecule has 1 heterocycles. The molecule has 1 nitrogen and oxygen atoms in total. The molecule has 0 amide bonds. The molecule has 11 aromatic carbocycles. The van der Waals surface area contributed by atoms with Gasteiger partial charge in [-0.2, -0.15) is 0 Å². The first-order valence-corrected chi connectivity index (χ1v) is 22.0. The molecular formula is C62H37N. The van der Waals surface area contributed by atoms with Crippen molar-refractivity contribution in [2.24, 2.45) is 0 Å². The Balaban J connectivity index is 1.03. The lowest BCUT2D eigenvalue weighted by atomic mass is 9.70. The Morgan fingerprint density at radius 3 is 1.46 bits per heavy atom. The molecule has 1 spiro atoms. The molecule has 0 atom stereocenters. The van der Waals surface area contributed by atoms with E-state index in [2.05, 4.69) is 224 Å². The van der Waals surface area contributed by atoms with E-state index < -0.39 is 5.41 Å². The number of hydrogen-bond donors (Lipinski definition) is 0. The molecule has 12 aromatic rings. The molecule has 0 saturated heterocycles. The van der Waals surface area contributed by atoms with Crippen molar-refractivity contribution in [3.8, 4) is 55.8 Å². The maximum atomic E-state index is 5.55. The van der Waals surface area contributed by atoms with Gasteiger partial charge >= 0.3 is 0 Å². The molecule has 14 rings (SSSR count). The number of rotatable bonds is 3. The zero-order valence-electron chi connectivity index (χ0n) is 34.3. The Morgan fingerprint density at radius 1 is 0.286 bits per heavy atom. The molecule has 0 N–H and O–H groups in total. The lowest BCUT2D eigenvalue weighted by molar-refractivity contribution is 0.794. The normalized spacial score (nSPS) is 13.2. The predicted octanol–water partition coefficient (Wildman–Crippen LogP) is 16.2. The van der Waals surface area contributed by atoms with Crippen LogP contribution in [-0.2, 0) is 5.41 Å². The van der Waals surface area contributed by atoms with E-state index in [0.29, 0.717) is 0 Å².